The van der Waals surface area contributed by atoms with Gasteiger partial charge in [0.05, 0.1) is 0 Å². The first kappa shape index (κ1) is 10.7. The summed E-state index contributed by atoms with van der Waals surface area (Å²) < 4.78 is 0. The lowest BCUT2D eigenvalue weighted by molar-refractivity contribution is 0.896. The van der Waals surface area contributed by atoms with Gasteiger partial charge in [-0.2, -0.15) is 0 Å². The van der Waals surface area contributed by atoms with Crippen LogP contribution in [0.3, 0.4) is 0 Å². The summed E-state index contributed by atoms with van der Waals surface area (Å²) in [6, 6.07) is 0. The predicted molar refractivity (Wildman–Crippen MR) is 57.0 cm³/mol. The average Bonchev–Trinajstić information content (AvgIpc) is 2.10. The second-order valence-corrected chi connectivity index (χ2v) is 2.58. The van der Waals surface area contributed by atoms with Crippen LogP contribution >= 0.6 is 0 Å². The summed E-state index contributed by atoms with van der Waals surface area (Å²) in [6.07, 6.45) is 11.3. The van der Waals surface area contributed by atoms with Gasteiger partial charge in [0.1, 0.15) is 0 Å². The molecule has 0 amide bonds. The Bertz CT molecular complexity index is 216. The summed E-state index contributed by atoms with van der Waals surface area (Å²) in [4.78, 5) is 0. The van der Waals surface area contributed by atoms with E-state index in [-0.39, 0.29) is 0 Å². The van der Waals surface area contributed by atoms with E-state index in [9.17, 15) is 0 Å². The molecule has 0 heteroatoms. The number of allylic oxidation sites excluding steroid dienone is 7. The van der Waals surface area contributed by atoms with E-state index in [2.05, 4.69) is 32.7 Å². The van der Waals surface area contributed by atoms with Gasteiger partial charge in [-0.3, -0.25) is 0 Å². The molecule has 0 aromatic heterocycles. The van der Waals surface area contributed by atoms with Crippen molar-refractivity contribution in [3.63, 3.8) is 0 Å². The molecule has 0 aromatic carbocycles. The number of rotatable bonds is 5. The fourth-order valence-electron chi connectivity index (χ4n) is 0.712. The summed E-state index contributed by atoms with van der Waals surface area (Å²) in [6.45, 7) is 13.2. The molecule has 0 aliphatic rings. The van der Waals surface area contributed by atoms with Gasteiger partial charge in [0.2, 0.25) is 0 Å². The highest BCUT2D eigenvalue weighted by molar-refractivity contribution is 5.24. The van der Waals surface area contributed by atoms with Crippen LogP contribution in [0.25, 0.3) is 0 Å². The smallest absolute Gasteiger partial charge is 0.00132 e. The predicted octanol–water partition coefficient (Wildman–Crippen LogP) is 3.66. The Balaban J connectivity index is 4.09. The van der Waals surface area contributed by atoms with E-state index < -0.39 is 0 Å². The molecule has 12 heavy (non-hydrogen) atoms. The highest BCUT2D eigenvalue weighted by Crippen LogP contribution is 2.10. The lowest BCUT2D eigenvalue weighted by Crippen LogP contribution is -1.89. The van der Waals surface area contributed by atoms with Gasteiger partial charge in [-0.05, 0) is 11.5 Å². The van der Waals surface area contributed by atoms with E-state index in [4.69, 9.17) is 0 Å². The van der Waals surface area contributed by atoms with Gasteiger partial charge in [-0.15, -0.1) is 0 Å². The van der Waals surface area contributed by atoms with Crippen LogP contribution in [-0.4, -0.2) is 0 Å². The Labute approximate surface area is 75.3 Å². The molecule has 64 valence electrons. The van der Waals surface area contributed by atoms with Crippen molar-refractivity contribution in [3.8, 4) is 0 Å². The fourth-order valence-corrected chi connectivity index (χ4v) is 0.712. The van der Waals surface area contributed by atoms with Crippen LogP contribution in [0.4, 0.5) is 0 Å². The van der Waals surface area contributed by atoms with Crippen molar-refractivity contribution in [2.24, 2.45) is 5.92 Å². The Hall–Kier alpha value is -1.30. The normalized spacial score (nSPS) is 13.4. The van der Waals surface area contributed by atoms with Crippen LogP contribution in [-0.2, 0) is 0 Å². The standard InChI is InChI=1S/C12H16/c1-5-7-9-11(3)12(4)10-8-6-2/h5-10,12H,1-3H2,4H3/b9-7-,10-8-. The minimum atomic E-state index is 0.360. The SMILES string of the molecule is C=C/C=C\C(=C)C(C)/C=C\C=C. The Morgan fingerprint density at radius 3 is 2.25 bits per heavy atom. The molecule has 0 nitrogen and oxygen atoms in total. The van der Waals surface area contributed by atoms with E-state index in [1.807, 2.05) is 18.2 Å². The van der Waals surface area contributed by atoms with Crippen molar-refractivity contribution in [1.29, 1.82) is 0 Å². The molecular formula is C12H16. The van der Waals surface area contributed by atoms with E-state index in [0.29, 0.717) is 5.92 Å². The van der Waals surface area contributed by atoms with E-state index in [1.54, 1.807) is 12.2 Å². The molecule has 0 radical (unpaired) electrons. The molecule has 0 spiro atoms. The van der Waals surface area contributed by atoms with Crippen LogP contribution in [0.5, 0.6) is 0 Å². The molecule has 0 N–H and O–H groups in total. The van der Waals surface area contributed by atoms with Crippen molar-refractivity contribution in [2.75, 3.05) is 0 Å². The molecule has 0 aliphatic carbocycles. The topological polar surface area (TPSA) is 0 Å². The lowest BCUT2D eigenvalue weighted by atomic mass is 10.0. The van der Waals surface area contributed by atoms with Crippen LogP contribution in [0.15, 0.2) is 61.8 Å². The van der Waals surface area contributed by atoms with Gasteiger partial charge in [0.25, 0.3) is 0 Å². The van der Waals surface area contributed by atoms with E-state index >= 15 is 0 Å². The Morgan fingerprint density at radius 2 is 1.75 bits per heavy atom. The summed E-state index contributed by atoms with van der Waals surface area (Å²) in [7, 11) is 0. The zero-order valence-electron chi connectivity index (χ0n) is 7.66. The first-order valence-corrected chi connectivity index (χ1v) is 3.99. The van der Waals surface area contributed by atoms with Crippen LogP contribution in [0.2, 0.25) is 0 Å². The fraction of sp³-hybridized carbons (Fsp3) is 0.167. The quantitative estimate of drug-likeness (QED) is 0.538. The highest BCUT2D eigenvalue weighted by Gasteiger charge is 1.96. The second-order valence-electron chi connectivity index (χ2n) is 2.58. The third kappa shape index (κ3) is 4.51. The molecule has 0 saturated heterocycles. The zero-order valence-corrected chi connectivity index (χ0v) is 7.66. The van der Waals surface area contributed by atoms with Crippen LogP contribution in [0.1, 0.15) is 6.92 Å². The summed E-state index contributed by atoms with van der Waals surface area (Å²) in [5, 5.41) is 0. The Kier molecular flexibility index (Phi) is 5.72. The average molecular weight is 160 g/mol. The number of hydrogen-bond donors (Lipinski definition) is 0. The van der Waals surface area contributed by atoms with Gasteiger partial charge < -0.3 is 0 Å². The van der Waals surface area contributed by atoms with Crippen LogP contribution < -0.4 is 0 Å². The minimum Gasteiger partial charge on any atom is -0.0991 e. The molecule has 0 rings (SSSR count). The van der Waals surface area contributed by atoms with Crippen molar-refractivity contribution in [2.45, 2.75) is 6.92 Å². The van der Waals surface area contributed by atoms with Gasteiger partial charge in [-0.25, -0.2) is 0 Å². The van der Waals surface area contributed by atoms with Gasteiger partial charge in [0.15, 0.2) is 0 Å². The molecule has 1 atom stereocenters. The third-order valence-corrected chi connectivity index (χ3v) is 1.57. The van der Waals surface area contributed by atoms with Crippen LogP contribution in [0, 0.1) is 5.92 Å². The first-order valence-electron chi connectivity index (χ1n) is 3.99. The van der Waals surface area contributed by atoms with E-state index in [0.717, 1.165) is 5.57 Å². The lowest BCUT2D eigenvalue weighted by Gasteiger charge is -2.03. The molecule has 0 aromatic rings. The highest BCUT2D eigenvalue weighted by atomic mass is 14.0. The van der Waals surface area contributed by atoms with Crippen molar-refractivity contribution in [1.82, 2.24) is 0 Å². The monoisotopic (exact) mass is 160 g/mol. The maximum absolute atomic E-state index is 3.92. The summed E-state index contributed by atoms with van der Waals surface area (Å²) >= 11 is 0. The summed E-state index contributed by atoms with van der Waals surface area (Å²) in [5.74, 6) is 0.360. The third-order valence-electron chi connectivity index (χ3n) is 1.57. The molecule has 0 aliphatic heterocycles. The van der Waals surface area contributed by atoms with Crippen molar-refractivity contribution < 1.29 is 0 Å². The molecule has 0 heterocycles. The zero-order chi connectivity index (χ0) is 9.40. The summed E-state index contributed by atoms with van der Waals surface area (Å²) in [5.41, 5.74) is 1.08. The molecule has 1 unspecified atom stereocenters. The van der Waals surface area contributed by atoms with Gasteiger partial charge >= 0.3 is 0 Å². The maximum Gasteiger partial charge on any atom is -0.00132 e. The molecule has 0 fully saturated rings. The number of hydrogen-bond acceptors (Lipinski definition) is 0. The first-order chi connectivity index (χ1) is 5.72. The maximum atomic E-state index is 3.92. The minimum absolute atomic E-state index is 0.360. The van der Waals surface area contributed by atoms with E-state index in [1.165, 1.54) is 0 Å². The molecular weight excluding hydrogens is 144 g/mol. The molecule has 0 bridgehead atoms. The molecule has 0 saturated carbocycles. The van der Waals surface area contributed by atoms with Crippen molar-refractivity contribution >= 4 is 0 Å². The Morgan fingerprint density at radius 1 is 1.17 bits per heavy atom. The second kappa shape index (κ2) is 6.41. The van der Waals surface area contributed by atoms with Crippen molar-refractivity contribution in [3.05, 3.63) is 61.8 Å². The largest absolute Gasteiger partial charge is 0.0991 e. The van der Waals surface area contributed by atoms with Gasteiger partial charge in [0, 0.05) is 0 Å². The van der Waals surface area contributed by atoms with Gasteiger partial charge in [-0.1, -0.05) is 63.1 Å².